The fourth-order valence-electron chi connectivity index (χ4n) is 3.46. The minimum Gasteiger partial charge on any atom is -0.469 e. The summed E-state index contributed by atoms with van der Waals surface area (Å²) in [5, 5.41) is 0. The van der Waals surface area contributed by atoms with Gasteiger partial charge in [0.25, 0.3) is 0 Å². The van der Waals surface area contributed by atoms with Gasteiger partial charge in [0.15, 0.2) is 0 Å². The molecule has 1 saturated carbocycles. The molecule has 2 aromatic rings. The fourth-order valence-corrected chi connectivity index (χ4v) is 3.46. The fraction of sp³-hybridized carbons (Fsp3) is 0.409. The van der Waals surface area contributed by atoms with E-state index in [1.165, 1.54) is 7.11 Å². The van der Waals surface area contributed by atoms with Crippen molar-refractivity contribution in [1.29, 1.82) is 0 Å². The Balaban J connectivity index is 1.47. The van der Waals surface area contributed by atoms with Crippen LogP contribution in [0.4, 0.5) is 0 Å². The van der Waals surface area contributed by atoms with Gasteiger partial charge in [-0.2, -0.15) is 0 Å². The number of ether oxygens (including phenoxy) is 3. The van der Waals surface area contributed by atoms with Crippen LogP contribution in [0.2, 0.25) is 0 Å². The Kier molecular flexibility index (Phi) is 6.81. The topological polar surface area (TPSA) is 44.8 Å². The quantitative estimate of drug-likeness (QED) is 0.642. The standard InChI is InChI=1S/C22H26O4/c1-24-22(23)20-12-19(15-25-13-17-8-4-2-5-9-17)21(20)16-26-14-18-10-6-3-7-11-18/h2-11,19-21H,12-16H2,1H3. The van der Waals surface area contributed by atoms with Crippen molar-refractivity contribution in [3.05, 3.63) is 71.8 Å². The van der Waals surface area contributed by atoms with E-state index in [1.54, 1.807) is 0 Å². The summed E-state index contributed by atoms with van der Waals surface area (Å²) in [5.74, 6) is 0.263. The zero-order chi connectivity index (χ0) is 18.2. The smallest absolute Gasteiger partial charge is 0.309 e. The molecule has 0 amide bonds. The maximum Gasteiger partial charge on any atom is 0.309 e. The molecule has 0 bridgehead atoms. The van der Waals surface area contributed by atoms with E-state index in [0.717, 1.165) is 17.5 Å². The Bertz CT molecular complexity index is 671. The van der Waals surface area contributed by atoms with Gasteiger partial charge in [-0.3, -0.25) is 4.79 Å². The van der Waals surface area contributed by atoms with Gasteiger partial charge in [0.2, 0.25) is 0 Å². The summed E-state index contributed by atoms with van der Waals surface area (Å²) in [5.41, 5.74) is 2.30. The van der Waals surface area contributed by atoms with E-state index in [1.807, 2.05) is 48.5 Å². The molecule has 2 aromatic carbocycles. The highest BCUT2D eigenvalue weighted by Crippen LogP contribution is 2.41. The number of esters is 1. The summed E-state index contributed by atoms with van der Waals surface area (Å²) in [7, 11) is 1.45. The molecule has 0 aliphatic heterocycles. The summed E-state index contributed by atoms with van der Waals surface area (Å²) in [4.78, 5) is 12.0. The molecular formula is C22H26O4. The van der Waals surface area contributed by atoms with Crippen molar-refractivity contribution >= 4 is 5.97 Å². The molecule has 4 nitrogen and oxygen atoms in total. The predicted molar refractivity (Wildman–Crippen MR) is 99.3 cm³/mol. The lowest BCUT2D eigenvalue weighted by molar-refractivity contribution is -0.161. The van der Waals surface area contributed by atoms with E-state index in [-0.39, 0.29) is 17.8 Å². The summed E-state index contributed by atoms with van der Waals surface area (Å²) in [6.07, 6.45) is 0.806. The minimum absolute atomic E-state index is 0.0823. The third-order valence-corrected chi connectivity index (χ3v) is 5.05. The van der Waals surface area contributed by atoms with Gasteiger partial charge in [-0.15, -0.1) is 0 Å². The highest BCUT2D eigenvalue weighted by atomic mass is 16.5. The van der Waals surface area contributed by atoms with Gasteiger partial charge < -0.3 is 14.2 Å². The molecule has 0 radical (unpaired) electrons. The predicted octanol–water partition coefficient (Wildman–Crippen LogP) is 3.85. The average molecular weight is 354 g/mol. The second-order valence-corrected chi connectivity index (χ2v) is 6.79. The molecule has 138 valence electrons. The van der Waals surface area contributed by atoms with Gasteiger partial charge in [0, 0.05) is 5.92 Å². The zero-order valence-electron chi connectivity index (χ0n) is 15.2. The van der Waals surface area contributed by atoms with E-state index >= 15 is 0 Å². The number of rotatable bonds is 9. The van der Waals surface area contributed by atoms with Crippen molar-refractivity contribution in [2.75, 3.05) is 20.3 Å². The van der Waals surface area contributed by atoms with Crippen LogP contribution in [0.3, 0.4) is 0 Å². The second kappa shape index (κ2) is 9.51. The van der Waals surface area contributed by atoms with E-state index in [0.29, 0.717) is 32.3 Å². The average Bonchev–Trinajstić information content (AvgIpc) is 2.68. The molecule has 0 aromatic heterocycles. The van der Waals surface area contributed by atoms with Crippen LogP contribution in [0.15, 0.2) is 60.7 Å². The third-order valence-electron chi connectivity index (χ3n) is 5.05. The molecule has 1 aliphatic rings. The number of hydrogen-bond donors (Lipinski definition) is 0. The summed E-state index contributed by atoms with van der Waals surface area (Å²) >= 11 is 0. The lowest BCUT2D eigenvalue weighted by Gasteiger charge is -2.42. The van der Waals surface area contributed by atoms with Crippen LogP contribution in [0, 0.1) is 17.8 Å². The third kappa shape index (κ3) is 4.93. The molecule has 0 heterocycles. The lowest BCUT2D eigenvalue weighted by atomic mass is 9.65. The number of methoxy groups -OCH3 is 1. The van der Waals surface area contributed by atoms with Crippen LogP contribution in [0.1, 0.15) is 17.5 Å². The highest BCUT2D eigenvalue weighted by molar-refractivity contribution is 5.73. The molecule has 26 heavy (non-hydrogen) atoms. The number of carbonyl (C=O) groups is 1. The van der Waals surface area contributed by atoms with Gasteiger partial charge in [-0.05, 0) is 23.5 Å². The second-order valence-electron chi connectivity index (χ2n) is 6.79. The first-order valence-corrected chi connectivity index (χ1v) is 9.09. The van der Waals surface area contributed by atoms with E-state index in [2.05, 4.69) is 12.1 Å². The molecule has 1 fully saturated rings. The largest absolute Gasteiger partial charge is 0.469 e. The van der Waals surface area contributed by atoms with Crippen LogP contribution in [0.5, 0.6) is 0 Å². The Morgan fingerprint density at radius 1 is 0.885 bits per heavy atom. The van der Waals surface area contributed by atoms with Crippen molar-refractivity contribution in [1.82, 2.24) is 0 Å². The minimum atomic E-state index is -0.141. The molecule has 4 heteroatoms. The summed E-state index contributed by atoms with van der Waals surface area (Å²) in [6.45, 7) is 2.34. The van der Waals surface area contributed by atoms with Crippen LogP contribution in [0.25, 0.3) is 0 Å². The molecule has 0 spiro atoms. The Hall–Kier alpha value is -2.17. The molecule has 0 N–H and O–H groups in total. The zero-order valence-corrected chi connectivity index (χ0v) is 15.2. The van der Waals surface area contributed by atoms with Crippen molar-refractivity contribution < 1.29 is 19.0 Å². The maximum absolute atomic E-state index is 12.0. The molecule has 0 saturated heterocycles. The van der Waals surface area contributed by atoms with Crippen LogP contribution >= 0.6 is 0 Å². The summed E-state index contributed by atoms with van der Waals surface area (Å²) < 4.78 is 16.7. The van der Waals surface area contributed by atoms with Crippen molar-refractivity contribution in [3.8, 4) is 0 Å². The first-order chi connectivity index (χ1) is 12.8. The van der Waals surface area contributed by atoms with Crippen molar-refractivity contribution in [3.63, 3.8) is 0 Å². The van der Waals surface area contributed by atoms with Gasteiger partial charge >= 0.3 is 5.97 Å². The first kappa shape index (κ1) is 18.6. The van der Waals surface area contributed by atoms with Crippen molar-refractivity contribution in [2.45, 2.75) is 19.6 Å². The molecular weight excluding hydrogens is 328 g/mol. The monoisotopic (exact) mass is 354 g/mol. The van der Waals surface area contributed by atoms with Gasteiger partial charge in [-0.25, -0.2) is 0 Å². The Morgan fingerprint density at radius 2 is 1.42 bits per heavy atom. The Morgan fingerprint density at radius 3 is 1.96 bits per heavy atom. The number of hydrogen-bond acceptors (Lipinski definition) is 4. The van der Waals surface area contributed by atoms with E-state index in [9.17, 15) is 4.79 Å². The van der Waals surface area contributed by atoms with Crippen molar-refractivity contribution in [2.24, 2.45) is 17.8 Å². The highest BCUT2D eigenvalue weighted by Gasteiger charge is 2.45. The van der Waals surface area contributed by atoms with E-state index in [4.69, 9.17) is 14.2 Å². The lowest BCUT2D eigenvalue weighted by Crippen LogP contribution is -2.46. The normalized spacial score (nSPS) is 21.8. The van der Waals surface area contributed by atoms with Gasteiger partial charge in [-0.1, -0.05) is 60.7 Å². The molecule has 1 aliphatic carbocycles. The van der Waals surface area contributed by atoms with Crippen LogP contribution in [-0.2, 0) is 32.2 Å². The first-order valence-electron chi connectivity index (χ1n) is 9.09. The van der Waals surface area contributed by atoms with E-state index < -0.39 is 0 Å². The summed E-state index contributed by atoms with van der Waals surface area (Å²) in [6, 6.07) is 20.2. The molecule has 3 rings (SSSR count). The van der Waals surface area contributed by atoms with Crippen LogP contribution < -0.4 is 0 Å². The van der Waals surface area contributed by atoms with Gasteiger partial charge in [0.05, 0.1) is 39.5 Å². The molecule has 3 atom stereocenters. The van der Waals surface area contributed by atoms with Crippen LogP contribution in [-0.4, -0.2) is 26.3 Å². The SMILES string of the molecule is COC(=O)C1CC(COCc2ccccc2)C1COCc1ccccc1. The Labute approximate surface area is 155 Å². The number of benzene rings is 2. The molecule has 3 unspecified atom stereocenters. The maximum atomic E-state index is 12.0. The van der Waals surface area contributed by atoms with Gasteiger partial charge in [0.1, 0.15) is 0 Å². The number of carbonyl (C=O) groups excluding carboxylic acids is 1.